The Morgan fingerprint density at radius 1 is 1.60 bits per heavy atom. The maximum Gasteiger partial charge on any atom is 0.203 e. The van der Waals surface area contributed by atoms with Gasteiger partial charge in [0.2, 0.25) is 5.96 Å². The predicted octanol–water partition coefficient (Wildman–Crippen LogP) is -1.50. The van der Waals surface area contributed by atoms with E-state index in [-0.39, 0.29) is 11.5 Å². The molecule has 0 fully saturated rings. The van der Waals surface area contributed by atoms with Gasteiger partial charge in [-0.1, -0.05) is 0 Å². The molecule has 5 nitrogen and oxygen atoms in total. The fraction of sp³-hybridized carbons (Fsp3) is 0.800. The zero-order chi connectivity index (χ0) is 8.20. The predicted molar refractivity (Wildman–Crippen MR) is 42.1 cm³/mol. The van der Waals surface area contributed by atoms with Crippen LogP contribution < -0.4 is 22.7 Å². The van der Waals surface area contributed by atoms with Gasteiger partial charge in [-0.3, -0.25) is 5.43 Å². The number of hydrogen-bond acceptors (Lipinski definition) is 3. The van der Waals surface area contributed by atoms with Crippen molar-refractivity contribution in [2.75, 3.05) is 6.54 Å². The van der Waals surface area contributed by atoms with E-state index in [1.54, 1.807) is 0 Å². The van der Waals surface area contributed by atoms with Crippen molar-refractivity contribution < 1.29 is 0 Å². The highest BCUT2D eigenvalue weighted by atomic mass is 15.3. The molecule has 0 heterocycles. The highest BCUT2D eigenvalue weighted by Gasteiger charge is 2.13. The van der Waals surface area contributed by atoms with E-state index in [1.165, 1.54) is 0 Å². The van der Waals surface area contributed by atoms with Crippen LogP contribution in [0.15, 0.2) is 4.99 Å². The second-order valence-corrected chi connectivity index (χ2v) is 2.66. The lowest BCUT2D eigenvalue weighted by Crippen LogP contribution is -2.41. The van der Waals surface area contributed by atoms with Gasteiger partial charge >= 0.3 is 0 Å². The SMILES string of the molecule is CC(C)(CN)N=C(N)NN. The summed E-state index contributed by atoms with van der Waals surface area (Å²) in [6, 6.07) is 0. The van der Waals surface area contributed by atoms with Crippen LogP contribution in [0, 0.1) is 0 Å². The lowest BCUT2D eigenvalue weighted by molar-refractivity contribution is 0.532. The van der Waals surface area contributed by atoms with Crippen LogP contribution >= 0.6 is 0 Å². The summed E-state index contributed by atoms with van der Waals surface area (Å²) >= 11 is 0. The molecule has 0 unspecified atom stereocenters. The highest BCUT2D eigenvalue weighted by Crippen LogP contribution is 2.04. The van der Waals surface area contributed by atoms with E-state index in [0.717, 1.165) is 0 Å². The van der Waals surface area contributed by atoms with E-state index in [2.05, 4.69) is 10.4 Å². The van der Waals surface area contributed by atoms with Gasteiger partial charge in [0.1, 0.15) is 0 Å². The maximum atomic E-state index is 5.38. The third-order valence-corrected chi connectivity index (χ3v) is 1.07. The monoisotopic (exact) mass is 145 g/mol. The standard InChI is InChI=1S/C5H15N5/c1-5(2,3-6)9-4(7)10-8/h3,6,8H2,1-2H3,(H3,7,9,10). The first-order valence-corrected chi connectivity index (χ1v) is 3.04. The molecule has 0 aliphatic heterocycles. The van der Waals surface area contributed by atoms with E-state index in [9.17, 15) is 0 Å². The molecule has 0 amide bonds. The summed E-state index contributed by atoms with van der Waals surface area (Å²) in [6.45, 7) is 4.18. The third kappa shape index (κ3) is 3.26. The summed E-state index contributed by atoms with van der Waals surface area (Å²) in [5, 5.41) is 0. The summed E-state index contributed by atoms with van der Waals surface area (Å²) in [6.07, 6.45) is 0. The molecule has 0 aliphatic carbocycles. The van der Waals surface area contributed by atoms with Crippen molar-refractivity contribution in [3.63, 3.8) is 0 Å². The van der Waals surface area contributed by atoms with Gasteiger partial charge in [0.15, 0.2) is 0 Å². The lowest BCUT2D eigenvalue weighted by Gasteiger charge is -2.16. The number of rotatable bonds is 2. The minimum atomic E-state index is -0.337. The van der Waals surface area contributed by atoms with Crippen LogP contribution in [-0.4, -0.2) is 18.0 Å². The summed E-state index contributed by atoms with van der Waals surface area (Å²) in [7, 11) is 0. The molecule has 10 heavy (non-hydrogen) atoms. The molecule has 0 saturated heterocycles. The molecule has 0 bridgehead atoms. The maximum absolute atomic E-state index is 5.38. The Labute approximate surface area is 60.6 Å². The van der Waals surface area contributed by atoms with E-state index in [4.69, 9.17) is 17.3 Å². The van der Waals surface area contributed by atoms with Crippen LogP contribution in [-0.2, 0) is 0 Å². The first kappa shape index (κ1) is 9.19. The molecule has 0 rings (SSSR count). The Morgan fingerprint density at radius 2 is 2.10 bits per heavy atom. The molecule has 5 heteroatoms. The summed E-state index contributed by atoms with van der Waals surface area (Å²) in [5.41, 5.74) is 12.6. The van der Waals surface area contributed by atoms with Crippen LogP contribution in [0.5, 0.6) is 0 Å². The van der Waals surface area contributed by atoms with Crippen LogP contribution in [0.1, 0.15) is 13.8 Å². The smallest absolute Gasteiger partial charge is 0.203 e. The molecular weight excluding hydrogens is 130 g/mol. The molecule has 0 radical (unpaired) electrons. The van der Waals surface area contributed by atoms with Crippen LogP contribution in [0.2, 0.25) is 0 Å². The summed E-state index contributed by atoms with van der Waals surface area (Å²) in [5.74, 6) is 5.19. The molecule has 0 aliphatic rings. The fourth-order valence-electron chi connectivity index (χ4n) is 0.404. The van der Waals surface area contributed by atoms with Gasteiger partial charge in [-0.2, -0.15) is 0 Å². The summed E-state index contributed by atoms with van der Waals surface area (Å²) < 4.78 is 0. The second-order valence-electron chi connectivity index (χ2n) is 2.66. The van der Waals surface area contributed by atoms with Gasteiger partial charge in [0.05, 0.1) is 5.54 Å². The van der Waals surface area contributed by atoms with Crippen molar-refractivity contribution in [3.05, 3.63) is 0 Å². The van der Waals surface area contributed by atoms with Crippen molar-refractivity contribution in [1.82, 2.24) is 5.43 Å². The van der Waals surface area contributed by atoms with Crippen LogP contribution in [0.4, 0.5) is 0 Å². The normalized spacial score (nSPS) is 13.4. The van der Waals surface area contributed by atoms with E-state index >= 15 is 0 Å². The minimum absolute atomic E-state index is 0.204. The van der Waals surface area contributed by atoms with E-state index in [1.807, 2.05) is 13.8 Å². The first-order valence-electron chi connectivity index (χ1n) is 3.04. The fourth-order valence-corrected chi connectivity index (χ4v) is 0.404. The van der Waals surface area contributed by atoms with Crippen molar-refractivity contribution in [3.8, 4) is 0 Å². The van der Waals surface area contributed by atoms with Gasteiger partial charge in [-0.25, -0.2) is 10.8 Å². The molecule has 0 atom stereocenters. The number of nitrogens with two attached hydrogens (primary N) is 3. The van der Waals surface area contributed by atoms with Gasteiger partial charge < -0.3 is 11.5 Å². The zero-order valence-corrected chi connectivity index (χ0v) is 6.39. The average molecular weight is 145 g/mol. The Morgan fingerprint density at radius 3 is 2.40 bits per heavy atom. The quantitative estimate of drug-likeness (QED) is 0.164. The van der Waals surface area contributed by atoms with E-state index < -0.39 is 0 Å². The van der Waals surface area contributed by atoms with Crippen molar-refractivity contribution in [2.24, 2.45) is 22.3 Å². The van der Waals surface area contributed by atoms with Crippen molar-refractivity contribution in [1.29, 1.82) is 0 Å². The number of nitrogens with one attached hydrogen (secondary N) is 1. The van der Waals surface area contributed by atoms with Gasteiger partial charge in [0.25, 0.3) is 0 Å². The van der Waals surface area contributed by atoms with Gasteiger partial charge in [-0.05, 0) is 13.8 Å². The third-order valence-electron chi connectivity index (χ3n) is 1.07. The second kappa shape index (κ2) is 3.38. The Balaban J connectivity index is 4.09. The van der Waals surface area contributed by atoms with Crippen molar-refractivity contribution >= 4 is 5.96 Å². The highest BCUT2D eigenvalue weighted by molar-refractivity contribution is 5.77. The van der Waals surface area contributed by atoms with Crippen molar-refractivity contribution in [2.45, 2.75) is 19.4 Å². The minimum Gasteiger partial charge on any atom is -0.369 e. The number of nitrogens with zero attached hydrogens (tertiary/aromatic N) is 1. The Bertz CT molecular complexity index is 128. The largest absolute Gasteiger partial charge is 0.369 e. The van der Waals surface area contributed by atoms with Crippen LogP contribution in [0.3, 0.4) is 0 Å². The van der Waals surface area contributed by atoms with E-state index in [0.29, 0.717) is 6.54 Å². The number of guanidine groups is 1. The Kier molecular flexibility index (Phi) is 3.11. The molecule has 60 valence electrons. The average Bonchev–Trinajstić information content (AvgIpc) is 1.87. The molecule has 0 aromatic carbocycles. The Hall–Kier alpha value is -0.810. The molecule has 0 spiro atoms. The molecule has 0 aromatic heterocycles. The van der Waals surface area contributed by atoms with Gasteiger partial charge in [0, 0.05) is 6.54 Å². The van der Waals surface area contributed by atoms with Gasteiger partial charge in [-0.15, -0.1) is 0 Å². The lowest BCUT2D eigenvalue weighted by atomic mass is 10.1. The number of aliphatic imine (C=N–C) groups is 1. The topological polar surface area (TPSA) is 102 Å². The molecule has 0 saturated carbocycles. The zero-order valence-electron chi connectivity index (χ0n) is 6.39. The molecule has 7 N–H and O–H groups in total. The molecular formula is C5H15N5. The number of hydrazine groups is 1. The number of hydrogen-bond donors (Lipinski definition) is 4. The molecule has 0 aromatic rings. The van der Waals surface area contributed by atoms with Crippen LogP contribution in [0.25, 0.3) is 0 Å². The summed E-state index contributed by atoms with van der Waals surface area (Å²) in [4.78, 5) is 3.98. The first-order chi connectivity index (χ1) is 4.52.